The summed E-state index contributed by atoms with van der Waals surface area (Å²) in [5, 5.41) is 6.47. The van der Waals surface area contributed by atoms with E-state index in [-0.39, 0.29) is 0 Å². The lowest BCUT2D eigenvalue weighted by Crippen LogP contribution is -2.10. The zero-order chi connectivity index (χ0) is 13.3. The Hall–Kier alpha value is -1.36. The highest BCUT2D eigenvalue weighted by atomic mass is 16.5. The molecule has 2 N–H and O–H groups in total. The Balaban J connectivity index is 1.58. The lowest BCUT2D eigenvalue weighted by Gasteiger charge is -2.08. The lowest BCUT2D eigenvalue weighted by molar-refractivity contribution is 0.124. The normalized spacial score (nSPS) is 14.4. The first-order chi connectivity index (χ1) is 9.38. The molecule has 0 spiro atoms. The summed E-state index contributed by atoms with van der Waals surface area (Å²) in [4.78, 5) is 8.57. The van der Waals surface area contributed by atoms with Crippen molar-refractivity contribution in [3.05, 3.63) is 12.3 Å². The van der Waals surface area contributed by atoms with Crippen LogP contribution in [0, 0.1) is 5.92 Å². The third kappa shape index (κ3) is 5.87. The zero-order valence-electron chi connectivity index (χ0n) is 11.7. The second kappa shape index (κ2) is 7.94. The van der Waals surface area contributed by atoms with E-state index in [0.717, 1.165) is 50.9 Å². The molecule has 0 radical (unpaired) electrons. The van der Waals surface area contributed by atoms with E-state index in [1.165, 1.54) is 12.8 Å². The molecule has 0 aliphatic heterocycles. The quantitative estimate of drug-likeness (QED) is 0.636. The van der Waals surface area contributed by atoms with Crippen molar-refractivity contribution in [2.45, 2.75) is 32.6 Å². The van der Waals surface area contributed by atoms with Crippen molar-refractivity contribution in [2.24, 2.45) is 5.92 Å². The minimum Gasteiger partial charge on any atom is -0.381 e. The summed E-state index contributed by atoms with van der Waals surface area (Å²) in [6, 6.07) is 1.89. The highest BCUT2D eigenvalue weighted by molar-refractivity contribution is 5.39. The number of rotatable bonds is 10. The molecule has 0 unspecified atom stereocenters. The third-order valence-electron chi connectivity index (χ3n) is 3.01. The summed E-state index contributed by atoms with van der Waals surface area (Å²) in [6.45, 7) is 5.68. The van der Waals surface area contributed by atoms with Crippen molar-refractivity contribution in [1.29, 1.82) is 0 Å². The molecule has 0 amide bonds. The molecule has 5 heteroatoms. The van der Waals surface area contributed by atoms with Crippen molar-refractivity contribution < 1.29 is 4.74 Å². The van der Waals surface area contributed by atoms with Crippen molar-refractivity contribution in [1.82, 2.24) is 9.97 Å². The van der Waals surface area contributed by atoms with Gasteiger partial charge in [0.2, 0.25) is 5.95 Å². The van der Waals surface area contributed by atoms with Crippen LogP contribution in [0.5, 0.6) is 0 Å². The van der Waals surface area contributed by atoms with Gasteiger partial charge in [0, 0.05) is 32.5 Å². The minimum atomic E-state index is 0.692. The van der Waals surface area contributed by atoms with Gasteiger partial charge in [-0.3, -0.25) is 0 Å². The van der Waals surface area contributed by atoms with Crippen LogP contribution in [0.15, 0.2) is 12.3 Å². The van der Waals surface area contributed by atoms with Gasteiger partial charge in [-0.1, -0.05) is 6.92 Å². The van der Waals surface area contributed by atoms with E-state index < -0.39 is 0 Å². The molecule has 1 aromatic rings. The summed E-state index contributed by atoms with van der Waals surface area (Å²) in [6.07, 6.45) is 6.56. The number of anilines is 2. The third-order valence-corrected chi connectivity index (χ3v) is 3.01. The Labute approximate surface area is 115 Å². The van der Waals surface area contributed by atoms with Gasteiger partial charge in [0.05, 0.1) is 0 Å². The maximum Gasteiger partial charge on any atom is 0.224 e. The molecule has 5 nitrogen and oxygen atoms in total. The van der Waals surface area contributed by atoms with Crippen molar-refractivity contribution in [2.75, 3.05) is 36.9 Å². The van der Waals surface area contributed by atoms with Gasteiger partial charge in [-0.25, -0.2) is 4.98 Å². The predicted octanol–water partition coefficient (Wildman–Crippen LogP) is 2.53. The van der Waals surface area contributed by atoms with Crippen molar-refractivity contribution in [3.8, 4) is 0 Å². The van der Waals surface area contributed by atoms with Crippen LogP contribution in [0.4, 0.5) is 11.8 Å². The molecule has 1 aliphatic rings. The van der Waals surface area contributed by atoms with Gasteiger partial charge in [0.1, 0.15) is 5.82 Å². The van der Waals surface area contributed by atoms with E-state index in [1.54, 1.807) is 6.20 Å². The van der Waals surface area contributed by atoms with Crippen molar-refractivity contribution >= 4 is 11.8 Å². The molecule has 1 fully saturated rings. The number of nitrogens with zero attached hydrogens (tertiary/aromatic N) is 2. The second-order valence-electron chi connectivity index (χ2n) is 4.99. The SMILES string of the molecule is CCCNc1nccc(NCCCOCC2CC2)n1. The number of nitrogens with one attached hydrogen (secondary N) is 2. The summed E-state index contributed by atoms with van der Waals surface area (Å²) < 4.78 is 5.59. The van der Waals surface area contributed by atoms with Crippen molar-refractivity contribution in [3.63, 3.8) is 0 Å². The number of aromatic nitrogens is 2. The minimum absolute atomic E-state index is 0.692. The van der Waals surface area contributed by atoms with E-state index >= 15 is 0 Å². The van der Waals surface area contributed by atoms with Crippen LogP contribution in [0.3, 0.4) is 0 Å². The summed E-state index contributed by atoms with van der Waals surface area (Å²) in [7, 11) is 0. The summed E-state index contributed by atoms with van der Waals surface area (Å²) >= 11 is 0. The second-order valence-corrected chi connectivity index (χ2v) is 4.99. The maximum atomic E-state index is 5.59. The monoisotopic (exact) mass is 264 g/mol. The Kier molecular flexibility index (Phi) is 5.88. The molecule has 19 heavy (non-hydrogen) atoms. The van der Waals surface area contributed by atoms with Crippen LogP contribution in [-0.4, -0.2) is 36.3 Å². The first-order valence-corrected chi connectivity index (χ1v) is 7.27. The Morgan fingerprint density at radius 1 is 1.32 bits per heavy atom. The standard InChI is InChI=1S/C14H24N4O/c1-2-7-16-14-17-9-6-13(18-14)15-8-3-10-19-11-12-4-5-12/h6,9,12H,2-5,7-8,10-11H2,1H3,(H2,15,16,17,18). The van der Waals surface area contributed by atoms with Gasteiger partial charge in [-0.2, -0.15) is 4.98 Å². The lowest BCUT2D eigenvalue weighted by atomic mass is 10.4. The van der Waals surface area contributed by atoms with Crippen LogP contribution >= 0.6 is 0 Å². The van der Waals surface area contributed by atoms with E-state index in [1.807, 2.05) is 6.07 Å². The molecule has 0 bridgehead atoms. The molecular formula is C14H24N4O. The molecule has 0 saturated heterocycles. The highest BCUT2D eigenvalue weighted by Crippen LogP contribution is 2.28. The van der Waals surface area contributed by atoms with Crippen LogP contribution in [0.2, 0.25) is 0 Å². The molecule has 1 aromatic heterocycles. The predicted molar refractivity (Wildman–Crippen MR) is 77.5 cm³/mol. The molecule has 2 rings (SSSR count). The van der Waals surface area contributed by atoms with Crippen LogP contribution in [0.1, 0.15) is 32.6 Å². The molecular weight excluding hydrogens is 240 g/mol. The molecule has 0 aromatic carbocycles. The fourth-order valence-electron chi connectivity index (χ4n) is 1.70. The van der Waals surface area contributed by atoms with E-state index in [2.05, 4.69) is 27.5 Å². The molecule has 0 atom stereocenters. The fourth-order valence-corrected chi connectivity index (χ4v) is 1.70. The van der Waals surface area contributed by atoms with Gasteiger partial charge >= 0.3 is 0 Å². The number of hydrogen-bond donors (Lipinski definition) is 2. The zero-order valence-corrected chi connectivity index (χ0v) is 11.7. The smallest absolute Gasteiger partial charge is 0.224 e. The number of ether oxygens (including phenoxy) is 1. The van der Waals surface area contributed by atoms with Gasteiger partial charge < -0.3 is 15.4 Å². The van der Waals surface area contributed by atoms with Gasteiger partial charge in [-0.15, -0.1) is 0 Å². The van der Waals surface area contributed by atoms with E-state index in [0.29, 0.717) is 5.95 Å². The first-order valence-electron chi connectivity index (χ1n) is 7.27. The van der Waals surface area contributed by atoms with Crippen LogP contribution < -0.4 is 10.6 Å². The van der Waals surface area contributed by atoms with Crippen LogP contribution in [0.25, 0.3) is 0 Å². The largest absolute Gasteiger partial charge is 0.381 e. The average Bonchev–Trinajstić information content (AvgIpc) is 3.25. The topological polar surface area (TPSA) is 59.1 Å². The number of hydrogen-bond acceptors (Lipinski definition) is 5. The summed E-state index contributed by atoms with van der Waals surface area (Å²) in [5.74, 6) is 2.41. The molecule has 1 heterocycles. The fraction of sp³-hybridized carbons (Fsp3) is 0.714. The molecule has 106 valence electrons. The highest BCUT2D eigenvalue weighted by Gasteiger charge is 2.20. The van der Waals surface area contributed by atoms with E-state index in [9.17, 15) is 0 Å². The van der Waals surface area contributed by atoms with Gasteiger partial charge in [0.25, 0.3) is 0 Å². The Morgan fingerprint density at radius 3 is 3.00 bits per heavy atom. The van der Waals surface area contributed by atoms with E-state index in [4.69, 9.17) is 4.74 Å². The molecule has 1 saturated carbocycles. The van der Waals surface area contributed by atoms with Gasteiger partial charge in [-0.05, 0) is 37.7 Å². The van der Waals surface area contributed by atoms with Gasteiger partial charge in [0.15, 0.2) is 0 Å². The average molecular weight is 264 g/mol. The summed E-state index contributed by atoms with van der Waals surface area (Å²) in [5.41, 5.74) is 0. The Morgan fingerprint density at radius 2 is 2.21 bits per heavy atom. The maximum absolute atomic E-state index is 5.59. The first kappa shape index (κ1) is 14.1. The Bertz CT molecular complexity index is 368. The molecule has 1 aliphatic carbocycles. The van der Waals surface area contributed by atoms with Crippen LogP contribution in [-0.2, 0) is 4.74 Å².